The number of aromatic nitrogens is 2. The number of aryl methyl sites for hydroxylation is 1. The van der Waals surface area contributed by atoms with Gasteiger partial charge >= 0.3 is 5.97 Å². The summed E-state index contributed by atoms with van der Waals surface area (Å²) in [5.41, 5.74) is 5.02. The molecule has 4 aromatic rings. The highest BCUT2D eigenvalue weighted by molar-refractivity contribution is 7.07. The number of allylic oxidation sites excluding steroid dienone is 1. The average molecular weight is 616 g/mol. The Morgan fingerprint density at radius 3 is 2.59 bits per heavy atom. The van der Waals surface area contributed by atoms with Gasteiger partial charge in [0.25, 0.3) is 5.56 Å². The fraction of sp³-hybridized carbons (Fsp3) is 0.303. The zero-order chi connectivity index (χ0) is 31.1. The Balaban J connectivity index is 1.50. The van der Waals surface area contributed by atoms with Crippen LogP contribution >= 0.6 is 11.3 Å². The molecule has 2 aliphatic rings. The Kier molecular flexibility index (Phi) is 7.81. The standard InChI is InChI=1S/C33H33N3O7S/c1-7-40-26-14-21(9-11-24(26)39-6)30-29(32(38)41-8-2)19(4)34-33-36(30)31(37)28(44-33)15-22-13-18(3)35(20(22)5)23-10-12-25-27(16-23)43-17-42-25/h9-16,30H,7-8,17H2,1-6H3/b28-15+/t30-/m0/s1. The molecule has 0 unspecified atom stereocenters. The lowest BCUT2D eigenvalue weighted by Crippen LogP contribution is -2.40. The van der Waals surface area contributed by atoms with E-state index in [1.54, 1.807) is 37.7 Å². The molecule has 10 nitrogen and oxygen atoms in total. The van der Waals surface area contributed by atoms with Crippen molar-refractivity contribution in [2.24, 2.45) is 4.99 Å². The molecule has 0 bridgehead atoms. The van der Waals surface area contributed by atoms with E-state index in [0.717, 1.165) is 28.4 Å². The van der Waals surface area contributed by atoms with Crippen LogP contribution in [-0.4, -0.2) is 42.2 Å². The monoisotopic (exact) mass is 615 g/mol. The number of hydrogen-bond donors (Lipinski definition) is 0. The summed E-state index contributed by atoms with van der Waals surface area (Å²) in [4.78, 5) is 32.7. The molecule has 2 aromatic carbocycles. The van der Waals surface area contributed by atoms with Crippen molar-refractivity contribution in [3.05, 3.63) is 95.9 Å². The maximum absolute atomic E-state index is 14.2. The van der Waals surface area contributed by atoms with Gasteiger partial charge in [-0.3, -0.25) is 9.36 Å². The Hall–Kier alpha value is -4.77. The maximum atomic E-state index is 14.2. The molecule has 0 N–H and O–H groups in total. The predicted octanol–water partition coefficient (Wildman–Crippen LogP) is 4.34. The van der Waals surface area contributed by atoms with Gasteiger partial charge in [-0.25, -0.2) is 9.79 Å². The Bertz CT molecular complexity index is 2000. The summed E-state index contributed by atoms with van der Waals surface area (Å²) >= 11 is 1.28. The number of benzene rings is 2. The van der Waals surface area contributed by atoms with Gasteiger partial charge in [0.1, 0.15) is 0 Å². The molecule has 44 heavy (non-hydrogen) atoms. The van der Waals surface area contributed by atoms with Crippen molar-refractivity contribution in [3.63, 3.8) is 0 Å². The van der Waals surface area contributed by atoms with Gasteiger partial charge in [0.15, 0.2) is 27.8 Å². The van der Waals surface area contributed by atoms with Crippen LogP contribution in [-0.2, 0) is 9.53 Å². The third kappa shape index (κ3) is 4.96. The summed E-state index contributed by atoms with van der Waals surface area (Å²) in [6.45, 7) is 10.2. The fourth-order valence-electron chi connectivity index (χ4n) is 5.74. The molecule has 6 rings (SSSR count). The van der Waals surface area contributed by atoms with Crippen LogP contribution in [0.25, 0.3) is 11.8 Å². The van der Waals surface area contributed by atoms with Crippen LogP contribution in [0.4, 0.5) is 0 Å². The van der Waals surface area contributed by atoms with Crippen molar-refractivity contribution in [1.82, 2.24) is 9.13 Å². The molecule has 0 radical (unpaired) electrons. The minimum absolute atomic E-state index is 0.193. The van der Waals surface area contributed by atoms with E-state index in [1.165, 1.54) is 11.3 Å². The molecule has 0 saturated heterocycles. The van der Waals surface area contributed by atoms with Crippen LogP contribution < -0.4 is 33.8 Å². The second-order valence-electron chi connectivity index (χ2n) is 10.3. The van der Waals surface area contributed by atoms with Crippen LogP contribution in [0.15, 0.2) is 63.5 Å². The first kappa shape index (κ1) is 29.3. The second-order valence-corrected chi connectivity index (χ2v) is 11.4. The van der Waals surface area contributed by atoms with Crippen molar-refractivity contribution in [3.8, 4) is 28.7 Å². The van der Waals surface area contributed by atoms with Gasteiger partial charge in [-0.15, -0.1) is 0 Å². The van der Waals surface area contributed by atoms with E-state index in [9.17, 15) is 9.59 Å². The highest BCUT2D eigenvalue weighted by Gasteiger charge is 2.34. The van der Waals surface area contributed by atoms with E-state index in [0.29, 0.717) is 50.0 Å². The number of rotatable bonds is 8. The SMILES string of the molecule is CCOC(=O)C1=C(C)N=c2s/c(=C/c3cc(C)n(-c4ccc5c(c4)OCO5)c3C)c(=O)n2[C@H]1c1ccc(OC)c(OCC)c1. The molecule has 11 heteroatoms. The van der Waals surface area contributed by atoms with E-state index in [4.69, 9.17) is 28.7 Å². The summed E-state index contributed by atoms with van der Waals surface area (Å²) in [5.74, 6) is 1.97. The first-order valence-corrected chi connectivity index (χ1v) is 15.2. The van der Waals surface area contributed by atoms with E-state index in [1.807, 2.05) is 57.2 Å². The lowest BCUT2D eigenvalue weighted by molar-refractivity contribution is -0.139. The largest absolute Gasteiger partial charge is 0.493 e. The van der Waals surface area contributed by atoms with Crippen molar-refractivity contribution in [2.45, 2.75) is 40.7 Å². The molecule has 0 saturated carbocycles. The number of esters is 1. The van der Waals surface area contributed by atoms with Crippen molar-refractivity contribution in [2.75, 3.05) is 27.1 Å². The number of thiazole rings is 1. The second kappa shape index (κ2) is 11.7. The molecule has 0 spiro atoms. The van der Waals surface area contributed by atoms with Gasteiger partial charge < -0.3 is 28.3 Å². The van der Waals surface area contributed by atoms with Gasteiger partial charge in [-0.05, 0) is 82.2 Å². The number of ether oxygens (including phenoxy) is 5. The molecule has 228 valence electrons. The summed E-state index contributed by atoms with van der Waals surface area (Å²) in [7, 11) is 1.57. The molecule has 4 heterocycles. The lowest BCUT2D eigenvalue weighted by atomic mass is 9.95. The van der Waals surface area contributed by atoms with Gasteiger partial charge in [0.05, 0.1) is 42.2 Å². The quantitative estimate of drug-likeness (QED) is 0.272. The fourth-order valence-corrected chi connectivity index (χ4v) is 6.77. The van der Waals surface area contributed by atoms with Gasteiger partial charge in [0, 0.05) is 23.1 Å². The summed E-state index contributed by atoms with van der Waals surface area (Å²) in [5, 5.41) is 0. The van der Waals surface area contributed by atoms with Crippen LogP contribution in [0.5, 0.6) is 23.0 Å². The number of hydrogen-bond acceptors (Lipinski definition) is 9. The topological polar surface area (TPSA) is 103 Å². The van der Waals surface area contributed by atoms with E-state index in [-0.39, 0.29) is 19.0 Å². The summed E-state index contributed by atoms with van der Waals surface area (Å²) < 4.78 is 32.0. The molecular formula is C33H33N3O7S. The van der Waals surface area contributed by atoms with Crippen molar-refractivity contribution in [1.29, 1.82) is 0 Å². The summed E-state index contributed by atoms with van der Waals surface area (Å²) in [6.07, 6.45) is 1.88. The Morgan fingerprint density at radius 2 is 1.84 bits per heavy atom. The van der Waals surface area contributed by atoms with Crippen LogP contribution in [0.3, 0.4) is 0 Å². The Labute approximate surface area is 258 Å². The predicted molar refractivity (Wildman–Crippen MR) is 166 cm³/mol. The maximum Gasteiger partial charge on any atom is 0.338 e. The molecule has 0 aliphatic carbocycles. The van der Waals surface area contributed by atoms with E-state index in [2.05, 4.69) is 4.57 Å². The number of carbonyl (C=O) groups is 1. The summed E-state index contributed by atoms with van der Waals surface area (Å²) in [6, 6.07) is 12.5. The zero-order valence-electron chi connectivity index (χ0n) is 25.4. The number of methoxy groups -OCH3 is 1. The van der Waals surface area contributed by atoms with Crippen molar-refractivity contribution < 1.29 is 28.5 Å². The third-order valence-electron chi connectivity index (χ3n) is 7.69. The normalized spacial score (nSPS) is 15.7. The van der Waals surface area contributed by atoms with Crippen LogP contribution in [0.1, 0.15) is 49.3 Å². The number of nitrogens with zero attached hydrogens (tertiary/aromatic N) is 3. The zero-order valence-corrected chi connectivity index (χ0v) is 26.2. The van der Waals surface area contributed by atoms with Crippen LogP contribution in [0, 0.1) is 13.8 Å². The smallest absolute Gasteiger partial charge is 0.338 e. The molecule has 1 atom stereocenters. The molecular weight excluding hydrogens is 582 g/mol. The first-order chi connectivity index (χ1) is 21.2. The van der Waals surface area contributed by atoms with Gasteiger partial charge in [-0.1, -0.05) is 17.4 Å². The minimum atomic E-state index is -0.765. The first-order valence-electron chi connectivity index (χ1n) is 14.3. The molecule has 0 amide bonds. The van der Waals surface area contributed by atoms with E-state index < -0.39 is 12.0 Å². The molecule has 0 fully saturated rings. The van der Waals surface area contributed by atoms with E-state index >= 15 is 0 Å². The molecule has 2 aromatic heterocycles. The van der Waals surface area contributed by atoms with Crippen LogP contribution in [0.2, 0.25) is 0 Å². The number of carbonyl (C=O) groups excluding carboxylic acids is 1. The third-order valence-corrected chi connectivity index (χ3v) is 8.67. The average Bonchev–Trinajstić information content (AvgIpc) is 3.67. The molecule has 2 aliphatic heterocycles. The highest BCUT2D eigenvalue weighted by Crippen LogP contribution is 2.37. The van der Waals surface area contributed by atoms with Gasteiger partial charge in [-0.2, -0.15) is 0 Å². The highest BCUT2D eigenvalue weighted by atomic mass is 32.1. The lowest BCUT2D eigenvalue weighted by Gasteiger charge is -2.25. The number of fused-ring (bicyclic) bond motifs is 2. The Morgan fingerprint density at radius 1 is 1.05 bits per heavy atom. The van der Waals surface area contributed by atoms with Gasteiger partial charge in [0.2, 0.25) is 6.79 Å². The van der Waals surface area contributed by atoms with Crippen molar-refractivity contribution >= 4 is 23.4 Å². The minimum Gasteiger partial charge on any atom is -0.493 e.